The zero-order valence-electron chi connectivity index (χ0n) is 14.8. The smallest absolute Gasteiger partial charge is 0.238 e. The monoisotopic (exact) mass is 332 g/mol. The molecule has 5 aliphatic rings. The van der Waals surface area contributed by atoms with Crippen molar-refractivity contribution in [3.05, 3.63) is 0 Å². The lowest BCUT2D eigenvalue weighted by Gasteiger charge is -2.56. The lowest BCUT2D eigenvalue weighted by Crippen LogP contribution is -2.50. The van der Waals surface area contributed by atoms with Gasteiger partial charge in [0, 0.05) is 12.8 Å². The quantitative estimate of drug-likeness (QED) is 0.754. The minimum absolute atomic E-state index is 0.0196. The molecule has 2 N–H and O–H groups in total. The van der Waals surface area contributed by atoms with E-state index in [1.807, 2.05) is 0 Å². The van der Waals surface area contributed by atoms with E-state index >= 15 is 0 Å². The molecule has 0 radical (unpaired) electrons. The van der Waals surface area contributed by atoms with Gasteiger partial charge in [-0.25, -0.2) is 0 Å². The molecule has 0 aromatic rings. The Labute approximate surface area is 145 Å². The van der Waals surface area contributed by atoms with Crippen molar-refractivity contribution < 1.29 is 9.59 Å². The molecule has 0 aromatic heterocycles. The Kier molecular flexibility index (Phi) is 4.57. The summed E-state index contributed by atoms with van der Waals surface area (Å²) >= 11 is 0. The standard InChI is InChI=1S/C20H32N2O2/c23-18(6-5-14-3-1-2-4-14)21-22-19(24)13-20-10-15-7-16(11-20)9-17(8-15)12-20/h14-17H,1-13H2,(H,21,23)(H,22,24). The predicted molar refractivity (Wildman–Crippen MR) is 92.7 cm³/mol. The molecule has 4 heteroatoms. The lowest BCUT2D eigenvalue weighted by atomic mass is 9.49. The van der Waals surface area contributed by atoms with Crippen LogP contribution in [0.4, 0.5) is 0 Å². The molecule has 0 unspecified atom stereocenters. The summed E-state index contributed by atoms with van der Waals surface area (Å²) in [5, 5.41) is 0. The number of amides is 2. The summed E-state index contributed by atoms with van der Waals surface area (Å²) < 4.78 is 0. The molecule has 5 aliphatic carbocycles. The third-order valence-electron chi connectivity index (χ3n) is 7.30. The van der Waals surface area contributed by atoms with Crippen molar-refractivity contribution in [1.82, 2.24) is 10.9 Å². The average molecular weight is 332 g/mol. The molecule has 0 saturated heterocycles. The summed E-state index contributed by atoms with van der Waals surface area (Å²) in [4.78, 5) is 24.3. The summed E-state index contributed by atoms with van der Waals surface area (Å²) in [6.07, 6.45) is 15.2. The van der Waals surface area contributed by atoms with Gasteiger partial charge < -0.3 is 0 Å². The molecule has 4 bridgehead atoms. The molecule has 4 nitrogen and oxygen atoms in total. The fourth-order valence-corrected chi connectivity index (χ4v) is 6.73. The number of hydrogen-bond donors (Lipinski definition) is 2. The zero-order valence-corrected chi connectivity index (χ0v) is 14.8. The van der Waals surface area contributed by atoms with E-state index in [0.29, 0.717) is 12.8 Å². The van der Waals surface area contributed by atoms with Crippen molar-refractivity contribution in [2.24, 2.45) is 29.1 Å². The highest BCUT2D eigenvalue weighted by molar-refractivity contribution is 5.82. The minimum Gasteiger partial charge on any atom is -0.273 e. The lowest BCUT2D eigenvalue weighted by molar-refractivity contribution is -0.134. The number of carbonyl (C=O) groups is 2. The Balaban J connectivity index is 1.20. The molecular formula is C20H32N2O2. The fraction of sp³-hybridized carbons (Fsp3) is 0.900. The van der Waals surface area contributed by atoms with Crippen LogP contribution in [0.2, 0.25) is 0 Å². The highest BCUT2D eigenvalue weighted by Gasteiger charge is 2.51. The zero-order chi connectivity index (χ0) is 16.6. The molecule has 5 saturated carbocycles. The van der Waals surface area contributed by atoms with Gasteiger partial charge in [0.25, 0.3) is 0 Å². The molecule has 0 spiro atoms. The van der Waals surface area contributed by atoms with Gasteiger partial charge >= 0.3 is 0 Å². The van der Waals surface area contributed by atoms with Crippen molar-refractivity contribution in [3.63, 3.8) is 0 Å². The second-order valence-corrected chi connectivity index (χ2v) is 9.38. The van der Waals surface area contributed by atoms with E-state index in [9.17, 15) is 9.59 Å². The van der Waals surface area contributed by atoms with E-state index in [-0.39, 0.29) is 17.2 Å². The van der Waals surface area contributed by atoms with Crippen LogP contribution >= 0.6 is 0 Å². The van der Waals surface area contributed by atoms with Crippen LogP contribution in [-0.4, -0.2) is 11.8 Å². The SMILES string of the molecule is O=C(CCC1CCCC1)NNC(=O)CC12CC3CC(CC(C3)C1)C2. The van der Waals surface area contributed by atoms with Crippen molar-refractivity contribution >= 4 is 11.8 Å². The number of hydrogen-bond acceptors (Lipinski definition) is 2. The van der Waals surface area contributed by atoms with Gasteiger partial charge in [-0.2, -0.15) is 0 Å². The maximum Gasteiger partial charge on any atom is 0.238 e. The molecule has 0 aromatic carbocycles. The maximum atomic E-state index is 12.4. The van der Waals surface area contributed by atoms with Crippen LogP contribution in [-0.2, 0) is 9.59 Å². The van der Waals surface area contributed by atoms with Crippen LogP contribution in [0.3, 0.4) is 0 Å². The molecule has 134 valence electrons. The maximum absolute atomic E-state index is 12.4. The minimum atomic E-state index is -0.0271. The summed E-state index contributed by atoms with van der Waals surface area (Å²) in [6.45, 7) is 0. The van der Waals surface area contributed by atoms with Crippen molar-refractivity contribution in [2.45, 2.75) is 83.5 Å². The molecule has 0 atom stereocenters. The van der Waals surface area contributed by atoms with Crippen LogP contribution in [0.5, 0.6) is 0 Å². The first-order chi connectivity index (χ1) is 11.6. The Morgan fingerprint density at radius 3 is 1.96 bits per heavy atom. The first-order valence-electron chi connectivity index (χ1n) is 10.2. The van der Waals surface area contributed by atoms with Crippen LogP contribution in [0.25, 0.3) is 0 Å². The second kappa shape index (κ2) is 6.68. The molecule has 0 heterocycles. The largest absolute Gasteiger partial charge is 0.273 e. The average Bonchev–Trinajstić information content (AvgIpc) is 3.02. The van der Waals surface area contributed by atoms with Crippen LogP contribution in [0.15, 0.2) is 0 Å². The molecule has 0 aliphatic heterocycles. The Bertz CT molecular complexity index is 461. The highest BCUT2D eigenvalue weighted by Crippen LogP contribution is 2.61. The first kappa shape index (κ1) is 16.4. The Morgan fingerprint density at radius 1 is 0.833 bits per heavy atom. The van der Waals surface area contributed by atoms with Crippen molar-refractivity contribution in [1.29, 1.82) is 0 Å². The van der Waals surface area contributed by atoms with Crippen molar-refractivity contribution in [2.75, 3.05) is 0 Å². The Hall–Kier alpha value is -1.06. The van der Waals surface area contributed by atoms with Gasteiger partial charge in [0.2, 0.25) is 11.8 Å². The topological polar surface area (TPSA) is 58.2 Å². The summed E-state index contributed by atoms with van der Waals surface area (Å²) in [6, 6.07) is 0. The van der Waals surface area contributed by atoms with E-state index in [1.54, 1.807) is 0 Å². The van der Waals surface area contributed by atoms with Gasteiger partial charge in [0.1, 0.15) is 0 Å². The molecular weight excluding hydrogens is 300 g/mol. The van der Waals surface area contributed by atoms with E-state index in [0.717, 1.165) is 30.1 Å². The summed E-state index contributed by atoms with van der Waals surface area (Å²) in [5.41, 5.74) is 5.59. The summed E-state index contributed by atoms with van der Waals surface area (Å²) in [5.74, 6) is 3.31. The van der Waals surface area contributed by atoms with Gasteiger partial charge in [-0.3, -0.25) is 20.4 Å². The fourth-order valence-electron chi connectivity index (χ4n) is 6.73. The number of carbonyl (C=O) groups excluding carboxylic acids is 2. The number of hydrazine groups is 1. The number of rotatable bonds is 5. The molecule has 5 fully saturated rings. The van der Waals surface area contributed by atoms with Crippen LogP contribution in [0, 0.1) is 29.1 Å². The van der Waals surface area contributed by atoms with Crippen molar-refractivity contribution in [3.8, 4) is 0 Å². The van der Waals surface area contributed by atoms with E-state index in [4.69, 9.17) is 0 Å². The first-order valence-corrected chi connectivity index (χ1v) is 10.2. The van der Waals surface area contributed by atoms with E-state index < -0.39 is 0 Å². The van der Waals surface area contributed by atoms with Gasteiger partial charge in [-0.05, 0) is 74.0 Å². The third kappa shape index (κ3) is 3.62. The van der Waals surface area contributed by atoms with E-state index in [1.165, 1.54) is 64.2 Å². The molecule has 5 rings (SSSR count). The van der Waals surface area contributed by atoms with E-state index in [2.05, 4.69) is 10.9 Å². The third-order valence-corrected chi connectivity index (χ3v) is 7.30. The predicted octanol–water partition coefficient (Wildman–Crippen LogP) is 3.71. The second-order valence-electron chi connectivity index (χ2n) is 9.38. The number of nitrogens with one attached hydrogen (secondary N) is 2. The van der Waals surface area contributed by atoms with Crippen LogP contribution in [0.1, 0.15) is 83.5 Å². The summed E-state index contributed by atoms with van der Waals surface area (Å²) in [7, 11) is 0. The van der Waals surface area contributed by atoms with Gasteiger partial charge in [0.15, 0.2) is 0 Å². The van der Waals surface area contributed by atoms with Crippen LogP contribution < -0.4 is 10.9 Å². The normalized spacial score (nSPS) is 37.6. The van der Waals surface area contributed by atoms with Gasteiger partial charge in [0.05, 0.1) is 0 Å². The van der Waals surface area contributed by atoms with Gasteiger partial charge in [-0.15, -0.1) is 0 Å². The Morgan fingerprint density at radius 2 is 1.38 bits per heavy atom. The van der Waals surface area contributed by atoms with Gasteiger partial charge in [-0.1, -0.05) is 25.7 Å². The molecule has 2 amide bonds. The highest BCUT2D eigenvalue weighted by atomic mass is 16.2. The molecule has 24 heavy (non-hydrogen) atoms.